The summed E-state index contributed by atoms with van der Waals surface area (Å²) in [5.41, 5.74) is 3.44. The zero-order valence-electron chi connectivity index (χ0n) is 14.1. The lowest BCUT2D eigenvalue weighted by Crippen LogP contribution is -2.48. The average molecular weight is 404 g/mol. The van der Waals surface area contributed by atoms with Crippen molar-refractivity contribution in [2.75, 3.05) is 19.6 Å². The summed E-state index contributed by atoms with van der Waals surface area (Å²) in [6.45, 7) is 6.53. The van der Waals surface area contributed by atoms with Crippen molar-refractivity contribution >= 4 is 41.5 Å². The van der Waals surface area contributed by atoms with Crippen LogP contribution in [0.3, 0.4) is 0 Å². The molecule has 1 fully saturated rings. The number of amides is 1. The molecule has 8 heteroatoms. The fraction of sp³-hybridized carbons (Fsp3) is 0.412. The van der Waals surface area contributed by atoms with Crippen LogP contribution in [0, 0.1) is 19.8 Å². The van der Waals surface area contributed by atoms with Crippen LogP contribution >= 0.6 is 35.6 Å². The standard InChI is InChI=1S/C17H20Cl2N4O.ClH/c1-10-14(6-17(24)21-9-12-7-20-8-12)11(2)23(22-10)16-4-3-13(18)5-15(16)19;/h3-5,12,20H,6-9H2,1-2H3,(H,21,24);1H. The Morgan fingerprint density at radius 1 is 1.36 bits per heavy atom. The lowest BCUT2D eigenvalue weighted by atomic mass is 10.0. The van der Waals surface area contributed by atoms with E-state index in [9.17, 15) is 4.79 Å². The Hall–Kier alpha value is -1.27. The smallest absolute Gasteiger partial charge is 0.224 e. The van der Waals surface area contributed by atoms with E-state index in [1.807, 2.05) is 19.9 Å². The van der Waals surface area contributed by atoms with Crippen molar-refractivity contribution in [1.29, 1.82) is 0 Å². The molecule has 0 unspecified atom stereocenters. The molecule has 0 saturated carbocycles. The van der Waals surface area contributed by atoms with Gasteiger partial charge >= 0.3 is 0 Å². The summed E-state index contributed by atoms with van der Waals surface area (Å²) in [5.74, 6) is 0.571. The summed E-state index contributed by atoms with van der Waals surface area (Å²) in [6.07, 6.45) is 0.322. The molecule has 1 aliphatic heterocycles. The first-order valence-electron chi connectivity index (χ1n) is 7.93. The molecular weight excluding hydrogens is 383 g/mol. The summed E-state index contributed by atoms with van der Waals surface area (Å²) >= 11 is 12.2. The number of nitrogens with one attached hydrogen (secondary N) is 2. The van der Waals surface area contributed by atoms with E-state index in [4.69, 9.17) is 23.2 Å². The quantitative estimate of drug-likeness (QED) is 0.806. The molecule has 0 bridgehead atoms. The third-order valence-electron chi connectivity index (χ3n) is 4.37. The van der Waals surface area contributed by atoms with E-state index in [0.29, 0.717) is 22.4 Å². The van der Waals surface area contributed by atoms with Crippen molar-refractivity contribution in [2.45, 2.75) is 20.3 Å². The number of benzene rings is 1. The Balaban J connectivity index is 0.00000225. The SMILES string of the molecule is Cc1nn(-c2ccc(Cl)cc2Cl)c(C)c1CC(=O)NCC1CNC1.Cl. The second-order valence-electron chi connectivity index (χ2n) is 6.16. The number of hydrogen-bond acceptors (Lipinski definition) is 3. The van der Waals surface area contributed by atoms with Gasteiger partial charge in [-0.2, -0.15) is 5.10 Å². The van der Waals surface area contributed by atoms with Crippen molar-refractivity contribution in [1.82, 2.24) is 20.4 Å². The largest absolute Gasteiger partial charge is 0.355 e. The lowest BCUT2D eigenvalue weighted by molar-refractivity contribution is -0.120. The minimum atomic E-state index is 0. The van der Waals surface area contributed by atoms with Crippen LogP contribution in [0.1, 0.15) is 17.0 Å². The minimum absolute atomic E-state index is 0. The number of halogens is 3. The monoisotopic (exact) mass is 402 g/mol. The van der Waals surface area contributed by atoms with Crippen LogP contribution in [0.25, 0.3) is 5.69 Å². The molecule has 1 aliphatic rings. The zero-order chi connectivity index (χ0) is 17.3. The van der Waals surface area contributed by atoms with Crippen LogP contribution in [0.5, 0.6) is 0 Å². The lowest BCUT2D eigenvalue weighted by Gasteiger charge is -2.27. The summed E-state index contributed by atoms with van der Waals surface area (Å²) in [5, 5.41) is 11.8. The number of aromatic nitrogens is 2. The van der Waals surface area contributed by atoms with E-state index in [-0.39, 0.29) is 18.3 Å². The van der Waals surface area contributed by atoms with Gasteiger partial charge in [0, 0.05) is 41.8 Å². The van der Waals surface area contributed by atoms with Crippen molar-refractivity contribution in [3.8, 4) is 5.69 Å². The molecule has 25 heavy (non-hydrogen) atoms. The minimum Gasteiger partial charge on any atom is -0.355 e. The molecule has 2 aromatic rings. The van der Waals surface area contributed by atoms with Crippen LogP contribution in [-0.4, -0.2) is 35.3 Å². The van der Waals surface area contributed by atoms with E-state index in [2.05, 4.69) is 15.7 Å². The van der Waals surface area contributed by atoms with Gasteiger partial charge in [0.15, 0.2) is 0 Å². The zero-order valence-corrected chi connectivity index (χ0v) is 16.4. The molecule has 5 nitrogen and oxygen atoms in total. The number of aryl methyl sites for hydroxylation is 1. The molecule has 1 aromatic heterocycles. The van der Waals surface area contributed by atoms with Gasteiger partial charge in [0.05, 0.1) is 22.8 Å². The summed E-state index contributed by atoms with van der Waals surface area (Å²) in [4.78, 5) is 12.2. The molecule has 2 N–H and O–H groups in total. The van der Waals surface area contributed by atoms with E-state index < -0.39 is 0 Å². The van der Waals surface area contributed by atoms with Crippen molar-refractivity contribution in [3.63, 3.8) is 0 Å². The summed E-state index contributed by atoms with van der Waals surface area (Å²) in [7, 11) is 0. The van der Waals surface area contributed by atoms with Gasteiger partial charge in [-0.25, -0.2) is 4.68 Å². The maximum absolute atomic E-state index is 12.2. The van der Waals surface area contributed by atoms with Gasteiger partial charge in [-0.3, -0.25) is 4.79 Å². The second-order valence-corrected chi connectivity index (χ2v) is 7.01. The molecular formula is C17H21Cl3N4O. The number of carbonyl (C=O) groups excluding carboxylic acids is 1. The second kappa shape index (κ2) is 8.41. The molecule has 1 amide bonds. The van der Waals surface area contributed by atoms with E-state index in [1.165, 1.54) is 0 Å². The van der Waals surface area contributed by atoms with Crippen LogP contribution in [0.2, 0.25) is 10.0 Å². The molecule has 0 spiro atoms. The molecule has 1 saturated heterocycles. The van der Waals surface area contributed by atoms with Crippen LogP contribution < -0.4 is 10.6 Å². The van der Waals surface area contributed by atoms with Gasteiger partial charge in [-0.15, -0.1) is 12.4 Å². The Morgan fingerprint density at radius 2 is 2.08 bits per heavy atom. The highest BCUT2D eigenvalue weighted by Gasteiger charge is 2.20. The highest BCUT2D eigenvalue weighted by Crippen LogP contribution is 2.27. The molecule has 1 aromatic carbocycles. The fourth-order valence-corrected chi connectivity index (χ4v) is 3.28. The highest BCUT2D eigenvalue weighted by molar-refractivity contribution is 6.35. The molecule has 136 valence electrons. The Bertz CT molecular complexity index is 771. The third kappa shape index (κ3) is 4.47. The Labute approximate surface area is 163 Å². The first kappa shape index (κ1) is 20.0. The van der Waals surface area contributed by atoms with Gasteiger partial charge in [-0.1, -0.05) is 23.2 Å². The maximum atomic E-state index is 12.2. The van der Waals surface area contributed by atoms with E-state index >= 15 is 0 Å². The normalized spacial score (nSPS) is 13.9. The van der Waals surface area contributed by atoms with Gasteiger partial charge in [-0.05, 0) is 32.0 Å². The van der Waals surface area contributed by atoms with Crippen molar-refractivity contribution in [3.05, 3.63) is 45.2 Å². The third-order valence-corrected chi connectivity index (χ3v) is 4.91. The molecule has 0 atom stereocenters. The topological polar surface area (TPSA) is 59.0 Å². The first-order chi connectivity index (χ1) is 11.5. The van der Waals surface area contributed by atoms with Crippen LogP contribution in [-0.2, 0) is 11.2 Å². The highest BCUT2D eigenvalue weighted by atomic mass is 35.5. The summed E-state index contributed by atoms with van der Waals surface area (Å²) < 4.78 is 1.77. The number of rotatable bonds is 5. The molecule has 3 rings (SSSR count). The maximum Gasteiger partial charge on any atom is 0.224 e. The van der Waals surface area contributed by atoms with Gasteiger partial charge in [0.1, 0.15) is 0 Å². The van der Waals surface area contributed by atoms with E-state index in [0.717, 1.165) is 42.3 Å². The van der Waals surface area contributed by atoms with Crippen molar-refractivity contribution < 1.29 is 4.79 Å². The average Bonchev–Trinajstić information content (AvgIpc) is 2.74. The predicted molar refractivity (Wildman–Crippen MR) is 103 cm³/mol. The van der Waals surface area contributed by atoms with Gasteiger partial charge in [0.25, 0.3) is 0 Å². The predicted octanol–water partition coefficient (Wildman–Crippen LogP) is 3.10. The van der Waals surface area contributed by atoms with Crippen molar-refractivity contribution in [2.24, 2.45) is 5.92 Å². The Kier molecular flexibility index (Phi) is 6.74. The number of carbonyl (C=O) groups is 1. The molecule has 2 heterocycles. The first-order valence-corrected chi connectivity index (χ1v) is 8.69. The molecule has 0 radical (unpaired) electrons. The summed E-state index contributed by atoms with van der Waals surface area (Å²) in [6, 6.07) is 5.30. The number of nitrogens with zero attached hydrogens (tertiary/aromatic N) is 2. The van der Waals surface area contributed by atoms with Gasteiger partial charge < -0.3 is 10.6 Å². The number of hydrogen-bond donors (Lipinski definition) is 2. The fourth-order valence-electron chi connectivity index (χ4n) is 2.79. The van der Waals surface area contributed by atoms with E-state index in [1.54, 1.807) is 16.8 Å². The van der Waals surface area contributed by atoms with Gasteiger partial charge in [0.2, 0.25) is 5.91 Å². The van der Waals surface area contributed by atoms with Crippen LogP contribution in [0.4, 0.5) is 0 Å². The molecule has 0 aliphatic carbocycles. The van der Waals surface area contributed by atoms with Crippen LogP contribution in [0.15, 0.2) is 18.2 Å². The Morgan fingerprint density at radius 3 is 2.68 bits per heavy atom.